The molecule has 18 heteroatoms. The smallest absolute Gasteiger partial charge is 0.434 e. The molecule has 0 bridgehead atoms. The van der Waals surface area contributed by atoms with E-state index in [1.54, 1.807) is 12.1 Å². The second-order valence-corrected chi connectivity index (χ2v) is 11.6. The molecule has 0 aliphatic carbocycles. The monoisotopic (exact) mass is 724 g/mol. The predicted molar refractivity (Wildman–Crippen MR) is 182 cm³/mol. The first-order valence-corrected chi connectivity index (χ1v) is 15.9. The Labute approximate surface area is 294 Å². The number of carbonyl (C=O) groups excluding carboxylic acids is 2. The van der Waals surface area contributed by atoms with Crippen molar-refractivity contribution < 1.29 is 32.2 Å². The Kier molecular flexibility index (Phi) is 11.9. The molecule has 0 unspecified atom stereocenters. The standard InChI is InChI=1S/C17H16F3N5O2.C16H16ClN5O2/c18-17(19,20)14-8-22-13(7-23-14)15(26)24-11-4-1-10(2-5-11)3-6-12-9-27-16(21)25-12;17-14-8-19-7-13(22-14)15(23)20-11-4-1-10(2-5-11)3-6-12-9-24-16(18)21-12/h1-2,4-5,7-8,12H,3,6,9H2,(H2,21,25)(H,24,26);1-2,4-5,7-8,12H,3,6,9H2,(H2,18,21)(H,20,23)/t2*12-/m00/s1. The molecule has 2 aromatic heterocycles. The van der Waals surface area contributed by atoms with Crippen molar-refractivity contribution in [1.29, 1.82) is 0 Å². The molecule has 6 N–H and O–H groups in total. The van der Waals surface area contributed by atoms with Gasteiger partial charge in [0.15, 0.2) is 5.69 Å². The van der Waals surface area contributed by atoms with Gasteiger partial charge in [-0.1, -0.05) is 35.9 Å². The lowest BCUT2D eigenvalue weighted by Gasteiger charge is -2.08. The van der Waals surface area contributed by atoms with Crippen molar-refractivity contribution in [2.75, 3.05) is 23.8 Å². The van der Waals surface area contributed by atoms with Crippen molar-refractivity contribution in [2.45, 2.75) is 43.9 Å². The van der Waals surface area contributed by atoms with Crippen LogP contribution >= 0.6 is 11.6 Å². The summed E-state index contributed by atoms with van der Waals surface area (Å²) in [6.07, 6.45) is 2.74. The van der Waals surface area contributed by atoms with E-state index in [1.165, 1.54) is 12.4 Å². The predicted octanol–water partition coefficient (Wildman–Crippen LogP) is 4.42. The summed E-state index contributed by atoms with van der Waals surface area (Å²) < 4.78 is 47.6. The van der Waals surface area contributed by atoms with Gasteiger partial charge in [0.2, 0.25) is 0 Å². The third-order valence-corrected chi connectivity index (χ3v) is 7.62. The summed E-state index contributed by atoms with van der Waals surface area (Å²) in [5, 5.41) is 5.50. The van der Waals surface area contributed by atoms with Crippen molar-refractivity contribution in [3.63, 3.8) is 0 Å². The van der Waals surface area contributed by atoms with Crippen molar-refractivity contribution in [3.05, 3.63) is 107 Å². The topological polar surface area (TPSA) is 205 Å². The van der Waals surface area contributed by atoms with E-state index in [9.17, 15) is 22.8 Å². The lowest BCUT2D eigenvalue weighted by atomic mass is 10.1. The fraction of sp³-hybridized carbons (Fsp3) is 0.273. The number of amides is 2. The van der Waals surface area contributed by atoms with E-state index in [0.29, 0.717) is 30.8 Å². The van der Waals surface area contributed by atoms with Gasteiger partial charge < -0.3 is 31.6 Å². The van der Waals surface area contributed by atoms with E-state index >= 15 is 0 Å². The fourth-order valence-corrected chi connectivity index (χ4v) is 4.92. The van der Waals surface area contributed by atoms with E-state index in [1.807, 2.05) is 36.4 Å². The maximum atomic E-state index is 12.5. The maximum absolute atomic E-state index is 12.5. The molecule has 2 amide bonds. The largest absolute Gasteiger partial charge is 0.463 e. The lowest BCUT2D eigenvalue weighted by Crippen LogP contribution is -2.16. The van der Waals surface area contributed by atoms with Crippen LogP contribution in [0.2, 0.25) is 5.15 Å². The van der Waals surface area contributed by atoms with Gasteiger partial charge in [0.05, 0.1) is 36.9 Å². The molecular formula is C33H32ClF3N10O4. The van der Waals surface area contributed by atoms with Crippen LogP contribution in [0, 0.1) is 0 Å². The normalized spacial score (nSPS) is 16.5. The summed E-state index contributed by atoms with van der Waals surface area (Å²) >= 11 is 5.73. The number of benzene rings is 2. The second kappa shape index (κ2) is 16.7. The SMILES string of the molecule is NC1=N[C@@H](CCc2ccc(NC(=O)c3cnc(C(F)(F)F)cn3)cc2)CO1.NC1=N[C@@H](CCc2ccc(NC(=O)c3cncc(Cl)n3)cc2)CO1. The number of carbonyl (C=O) groups is 2. The number of hydrogen-bond acceptors (Lipinski definition) is 12. The molecule has 2 atom stereocenters. The number of aliphatic imine (C=N–C) groups is 2. The zero-order valence-corrected chi connectivity index (χ0v) is 27.6. The zero-order valence-electron chi connectivity index (χ0n) is 26.8. The first kappa shape index (κ1) is 36.4. The average molecular weight is 725 g/mol. The number of alkyl halides is 3. The van der Waals surface area contributed by atoms with Gasteiger partial charge in [0, 0.05) is 11.4 Å². The van der Waals surface area contributed by atoms with Crippen LogP contribution in [-0.4, -0.2) is 69.1 Å². The molecule has 2 aliphatic rings. The van der Waals surface area contributed by atoms with Gasteiger partial charge in [-0.25, -0.2) is 24.9 Å². The number of ether oxygens (including phenoxy) is 2. The zero-order chi connectivity index (χ0) is 36.4. The van der Waals surface area contributed by atoms with Crippen LogP contribution in [0.5, 0.6) is 0 Å². The number of nitrogens with zero attached hydrogens (tertiary/aromatic N) is 6. The van der Waals surface area contributed by atoms with Crippen LogP contribution in [0.25, 0.3) is 0 Å². The number of nitrogens with two attached hydrogens (primary N) is 2. The summed E-state index contributed by atoms with van der Waals surface area (Å²) in [6, 6.07) is 15.3. The van der Waals surface area contributed by atoms with Gasteiger partial charge in [-0.05, 0) is 61.1 Å². The number of anilines is 2. The molecule has 0 saturated heterocycles. The van der Waals surface area contributed by atoms with Crippen molar-refractivity contribution in [2.24, 2.45) is 21.5 Å². The van der Waals surface area contributed by atoms with Crippen molar-refractivity contribution in [1.82, 2.24) is 19.9 Å². The van der Waals surface area contributed by atoms with E-state index < -0.39 is 17.8 Å². The van der Waals surface area contributed by atoms with Crippen LogP contribution < -0.4 is 22.1 Å². The molecule has 2 aliphatic heterocycles. The molecule has 0 spiro atoms. The Hall–Kier alpha value is -5.84. The number of amidine groups is 2. The number of rotatable bonds is 10. The number of aryl methyl sites for hydroxylation is 2. The van der Waals surface area contributed by atoms with Crippen LogP contribution in [0.15, 0.2) is 83.3 Å². The van der Waals surface area contributed by atoms with Gasteiger partial charge in [-0.15, -0.1) is 0 Å². The number of hydrogen-bond donors (Lipinski definition) is 4. The molecule has 51 heavy (non-hydrogen) atoms. The molecule has 0 saturated carbocycles. The van der Waals surface area contributed by atoms with Gasteiger partial charge in [-0.3, -0.25) is 14.6 Å². The van der Waals surface area contributed by atoms with Gasteiger partial charge >= 0.3 is 6.18 Å². The van der Waals surface area contributed by atoms with Crippen LogP contribution in [0.3, 0.4) is 0 Å². The van der Waals surface area contributed by atoms with Crippen LogP contribution in [0.4, 0.5) is 24.5 Å². The number of halogens is 4. The highest BCUT2D eigenvalue weighted by molar-refractivity contribution is 6.29. The molecule has 6 rings (SSSR count). The first-order valence-electron chi connectivity index (χ1n) is 15.5. The Morgan fingerprint density at radius 2 is 1.25 bits per heavy atom. The molecule has 266 valence electrons. The minimum absolute atomic E-state index is 0.0441. The Bertz CT molecular complexity index is 1880. The minimum atomic E-state index is -4.60. The van der Waals surface area contributed by atoms with E-state index in [2.05, 4.69) is 40.6 Å². The second-order valence-electron chi connectivity index (χ2n) is 11.3. The third-order valence-electron chi connectivity index (χ3n) is 7.44. The molecule has 4 heterocycles. The molecule has 14 nitrogen and oxygen atoms in total. The van der Waals surface area contributed by atoms with E-state index in [-0.39, 0.29) is 46.6 Å². The maximum Gasteiger partial charge on any atom is 0.434 e. The van der Waals surface area contributed by atoms with E-state index in [0.717, 1.165) is 43.0 Å². The lowest BCUT2D eigenvalue weighted by molar-refractivity contribution is -0.141. The first-order chi connectivity index (χ1) is 24.4. The molecule has 2 aromatic carbocycles. The minimum Gasteiger partial charge on any atom is -0.463 e. The summed E-state index contributed by atoms with van der Waals surface area (Å²) in [5.41, 5.74) is 13.1. The highest BCUT2D eigenvalue weighted by Gasteiger charge is 2.33. The molecule has 4 aromatic rings. The number of aromatic nitrogens is 4. The Balaban J connectivity index is 0.000000199. The van der Waals surface area contributed by atoms with Crippen molar-refractivity contribution >= 4 is 46.8 Å². The highest BCUT2D eigenvalue weighted by atomic mass is 35.5. The fourth-order valence-electron chi connectivity index (χ4n) is 4.78. The Morgan fingerprint density at radius 3 is 1.67 bits per heavy atom. The third kappa shape index (κ3) is 11.1. The molecule has 0 radical (unpaired) electrons. The van der Waals surface area contributed by atoms with Crippen molar-refractivity contribution in [3.8, 4) is 0 Å². The van der Waals surface area contributed by atoms with Crippen LogP contribution in [0.1, 0.15) is 50.6 Å². The quantitative estimate of drug-likeness (QED) is 0.181. The summed E-state index contributed by atoms with van der Waals surface area (Å²) in [4.78, 5) is 47.0. The highest BCUT2D eigenvalue weighted by Crippen LogP contribution is 2.26. The average Bonchev–Trinajstić information content (AvgIpc) is 3.74. The summed E-state index contributed by atoms with van der Waals surface area (Å²) in [6.45, 7) is 1.02. The van der Waals surface area contributed by atoms with Gasteiger partial charge in [0.25, 0.3) is 23.9 Å². The van der Waals surface area contributed by atoms with Crippen LogP contribution in [-0.2, 0) is 28.5 Å². The molecular weight excluding hydrogens is 693 g/mol. The number of nitrogens with one attached hydrogen (secondary N) is 2. The van der Waals surface area contributed by atoms with E-state index in [4.69, 9.17) is 32.5 Å². The van der Waals surface area contributed by atoms with Gasteiger partial charge in [0.1, 0.15) is 29.8 Å². The van der Waals surface area contributed by atoms with Gasteiger partial charge in [-0.2, -0.15) is 13.2 Å². The summed E-state index contributed by atoms with van der Waals surface area (Å²) in [5.74, 6) is -0.998. The summed E-state index contributed by atoms with van der Waals surface area (Å²) in [7, 11) is 0. The molecule has 0 fully saturated rings. The Morgan fingerprint density at radius 1 is 0.745 bits per heavy atom.